The third kappa shape index (κ3) is 2.19. The molecule has 4 rings (SSSR count). The predicted molar refractivity (Wildman–Crippen MR) is 77.4 cm³/mol. The fourth-order valence-electron chi connectivity index (χ4n) is 2.75. The van der Waals surface area contributed by atoms with Gasteiger partial charge in [0.25, 0.3) is 0 Å². The normalized spacial score (nSPS) is 17.4. The molecule has 1 aromatic carbocycles. The molecule has 0 unspecified atom stereocenters. The Morgan fingerprint density at radius 3 is 2.81 bits per heavy atom. The predicted octanol–water partition coefficient (Wildman–Crippen LogP) is 1.62. The molecule has 1 saturated heterocycles. The zero-order valence-electron chi connectivity index (χ0n) is 11.5. The van der Waals surface area contributed by atoms with Crippen molar-refractivity contribution in [3.63, 3.8) is 0 Å². The lowest BCUT2D eigenvalue weighted by atomic mass is 10.0. The van der Waals surface area contributed by atoms with Gasteiger partial charge in [0.1, 0.15) is 6.10 Å². The molecule has 0 saturated carbocycles. The average Bonchev–Trinajstić information content (AvgIpc) is 2.85. The lowest BCUT2D eigenvalue weighted by molar-refractivity contribution is 0.0994. The lowest BCUT2D eigenvalue weighted by Gasteiger charge is -2.27. The van der Waals surface area contributed by atoms with Crippen LogP contribution in [0.5, 0.6) is 5.88 Å². The number of ether oxygens (including phenoxy) is 1. The quantitative estimate of drug-likeness (QED) is 0.926. The number of fused-ring (bicyclic) bond motifs is 1. The second-order valence-corrected chi connectivity index (χ2v) is 5.37. The monoisotopic (exact) mass is 281 g/mol. The molecule has 1 aliphatic heterocycles. The van der Waals surface area contributed by atoms with Crippen LogP contribution in [-0.4, -0.2) is 34.9 Å². The Hall–Kier alpha value is -2.27. The van der Waals surface area contributed by atoms with Crippen molar-refractivity contribution >= 4 is 5.78 Å². The second kappa shape index (κ2) is 4.93. The van der Waals surface area contributed by atoms with Crippen LogP contribution in [0.15, 0.2) is 30.5 Å². The van der Waals surface area contributed by atoms with E-state index in [0.717, 1.165) is 36.2 Å². The van der Waals surface area contributed by atoms with E-state index in [-0.39, 0.29) is 11.9 Å². The van der Waals surface area contributed by atoms with Crippen molar-refractivity contribution in [3.8, 4) is 17.3 Å². The highest BCUT2D eigenvalue weighted by atomic mass is 16.5. The number of nitrogens with one attached hydrogen (secondary N) is 1. The first kappa shape index (κ1) is 12.5. The SMILES string of the molecule is O=C1CCc2c1cccc2-c1nccc(OC2CNC2)n1. The van der Waals surface area contributed by atoms with Crippen LogP contribution in [0, 0.1) is 0 Å². The largest absolute Gasteiger partial charge is 0.472 e. The average molecular weight is 281 g/mol. The van der Waals surface area contributed by atoms with E-state index in [9.17, 15) is 4.79 Å². The van der Waals surface area contributed by atoms with Gasteiger partial charge in [-0.15, -0.1) is 0 Å². The summed E-state index contributed by atoms with van der Waals surface area (Å²) in [5.41, 5.74) is 2.81. The number of hydrogen-bond donors (Lipinski definition) is 1. The van der Waals surface area contributed by atoms with E-state index in [1.807, 2.05) is 18.2 Å². The molecule has 1 N–H and O–H groups in total. The minimum Gasteiger partial charge on any atom is -0.472 e. The maximum atomic E-state index is 11.8. The Morgan fingerprint density at radius 1 is 1.14 bits per heavy atom. The van der Waals surface area contributed by atoms with Crippen molar-refractivity contribution in [2.24, 2.45) is 0 Å². The number of aromatic nitrogens is 2. The molecule has 2 heterocycles. The summed E-state index contributed by atoms with van der Waals surface area (Å²) in [6.07, 6.45) is 3.25. The van der Waals surface area contributed by atoms with Gasteiger partial charge in [-0.2, -0.15) is 4.98 Å². The molecule has 5 nitrogen and oxygen atoms in total. The van der Waals surface area contributed by atoms with E-state index in [4.69, 9.17) is 4.74 Å². The van der Waals surface area contributed by atoms with Crippen LogP contribution in [0.4, 0.5) is 0 Å². The van der Waals surface area contributed by atoms with Crippen LogP contribution in [0.25, 0.3) is 11.4 Å². The van der Waals surface area contributed by atoms with Crippen LogP contribution in [0.3, 0.4) is 0 Å². The number of benzene rings is 1. The summed E-state index contributed by atoms with van der Waals surface area (Å²) in [5, 5.41) is 3.16. The molecule has 21 heavy (non-hydrogen) atoms. The first-order chi connectivity index (χ1) is 10.3. The minimum atomic E-state index is 0.191. The molecule has 5 heteroatoms. The van der Waals surface area contributed by atoms with Gasteiger partial charge in [0.15, 0.2) is 11.6 Å². The van der Waals surface area contributed by atoms with E-state index < -0.39 is 0 Å². The number of carbonyl (C=O) groups is 1. The van der Waals surface area contributed by atoms with E-state index in [2.05, 4.69) is 15.3 Å². The molecule has 0 atom stereocenters. The van der Waals surface area contributed by atoms with Gasteiger partial charge in [0, 0.05) is 42.9 Å². The van der Waals surface area contributed by atoms with Crippen molar-refractivity contribution in [2.45, 2.75) is 18.9 Å². The second-order valence-electron chi connectivity index (χ2n) is 5.37. The van der Waals surface area contributed by atoms with Crippen molar-refractivity contribution in [1.82, 2.24) is 15.3 Å². The molecule has 0 amide bonds. The molecule has 1 fully saturated rings. The molecule has 0 radical (unpaired) electrons. The first-order valence-electron chi connectivity index (χ1n) is 7.17. The van der Waals surface area contributed by atoms with Gasteiger partial charge >= 0.3 is 0 Å². The Kier molecular flexibility index (Phi) is 2.93. The third-order valence-corrected chi connectivity index (χ3v) is 3.98. The molecule has 1 aliphatic carbocycles. The zero-order valence-corrected chi connectivity index (χ0v) is 11.5. The fraction of sp³-hybridized carbons (Fsp3) is 0.312. The van der Waals surface area contributed by atoms with Crippen molar-refractivity contribution in [1.29, 1.82) is 0 Å². The Labute approximate surface area is 122 Å². The fourth-order valence-corrected chi connectivity index (χ4v) is 2.75. The molecule has 0 bridgehead atoms. The summed E-state index contributed by atoms with van der Waals surface area (Å²) in [4.78, 5) is 20.7. The highest BCUT2D eigenvalue weighted by Crippen LogP contribution is 2.31. The number of rotatable bonds is 3. The summed E-state index contributed by atoms with van der Waals surface area (Å²) in [6, 6.07) is 7.52. The third-order valence-electron chi connectivity index (χ3n) is 3.98. The number of hydrogen-bond acceptors (Lipinski definition) is 5. The van der Waals surface area contributed by atoms with Crippen LogP contribution < -0.4 is 10.1 Å². The van der Waals surface area contributed by atoms with Crippen LogP contribution in [0.1, 0.15) is 22.3 Å². The van der Waals surface area contributed by atoms with Gasteiger partial charge in [-0.25, -0.2) is 4.98 Å². The minimum absolute atomic E-state index is 0.191. The van der Waals surface area contributed by atoms with E-state index >= 15 is 0 Å². The number of ketones is 1. The van der Waals surface area contributed by atoms with E-state index in [1.54, 1.807) is 12.3 Å². The number of carbonyl (C=O) groups excluding carboxylic acids is 1. The Bertz CT molecular complexity index is 710. The summed E-state index contributed by atoms with van der Waals surface area (Å²) in [5.74, 6) is 1.43. The van der Waals surface area contributed by atoms with Gasteiger partial charge in [-0.3, -0.25) is 4.79 Å². The smallest absolute Gasteiger partial charge is 0.217 e. The van der Waals surface area contributed by atoms with Crippen LogP contribution in [0.2, 0.25) is 0 Å². The maximum Gasteiger partial charge on any atom is 0.217 e. The maximum absolute atomic E-state index is 11.8. The zero-order chi connectivity index (χ0) is 14.2. The Balaban J connectivity index is 1.70. The van der Waals surface area contributed by atoms with Gasteiger partial charge in [-0.1, -0.05) is 18.2 Å². The van der Waals surface area contributed by atoms with Crippen LogP contribution >= 0.6 is 0 Å². The molecular weight excluding hydrogens is 266 g/mol. The molecule has 0 spiro atoms. The van der Waals surface area contributed by atoms with E-state index in [1.165, 1.54) is 0 Å². The molecule has 106 valence electrons. The molecule has 1 aromatic heterocycles. The number of Topliss-reactive ketones (excluding diaryl/α,β-unsaturated/α-hetero) is 1. The van der Waals surface area contributed by atoms with Crippen molar-refractivity contribution < 1.29 is 9.53 Å². The van der Waals surface area contributed by atoms with Crippen LogP contribution in [-0.2, 0) is 6.42 Å². The molecular formula is C16H15N3O2. The Morgan fingerprint density at radius 2 is 2.00 bits per heavy atom. The highest BCUT2D eigenvalue weighted by Gasteiger charge is 2.24. The van der Waals surface area contributed by atoms with Gasteiger partial charge < -0.3 is 10.1 Å². The topological polar surface area (TPSA) is 64.1 Å². The summed E-state index contributed by atoms with van der Waals surface area (Å²) >= 11 is 0. The summed E-state index contributed by atoms with van der Waals surface area (Å²) < 4.78 is 5.77. The van der Waals surface area contributed by atoms with Gasteiger partial charge in [0.2, 0.25) is 5.88 Å². The first-order valence-corrected chi connectivity index (χ1v) is 7.17. The lowest BCUT2D eigenvalue weighted by Crippen LogP contribution is -2.50. The standard InChI is InChI=1S/C16H15N3O2/c20-14-5-4-11-12(14)2-1-3-13(11)16-18-7-6-15(19-16)21-10-8-17-9-10/h1-3,6-7,10,17H,4-5,8-9H2. The van der Waals surface area contributed by atoms with Gasteiger partial charge in [0.05, 0.1) is 0 Å². The molecule has 2 aromatic rings. The van der Waals surface area contributed by atoms with Crippen molar-refractivity contribution in [2.75, 3.05) is 13.1 Å². The highest BCUT2D eigenvalue weighted by molar-refractivity contribution is 6.02. The summed E-state index contributed by atoms with van der Waals surface area (Å²) in [7, 11) is 0. The molecule has 2 aliphatic rings. The summed E-state index contributed by atoms with van der Waals surface area (Å²) in [6.45, 7) is 1.71. The van der Waals surface area contributed by atoms with Crippen molar-refractivity contribution in [3.05, 3.63) is 41.6 Å². The van der Waals surface area contributed by atoms with E-state index in [0.29, 0.717) is 18.1 Å². The van der Waals surface area contributed by atoms with Gasteiger partial charge in [-0.05, 0) is 12.0 Å². The number of nitrogens with zero attached hydrogens (tertiary/aromatic N) is 2.